The average Bonchev–Trinajstić information content (AvgIpc) is 2.64. The van der Waals surface area contributed by atoms with Gasteiger partial charge in [0.2, 0.25) is 0 Å². The van der Waals surface area contributed by atoms with Crippen molar-refractivity contribution in [3.63, 3.8) is 0 Å². The largest absolute Gasteiger partial charge is 0.459 e. The highest BCUT2D eigenvalue weighted by Gasteiger charge is 2.19. The van der Waals surface area contributed by atoms with Gasteiger partial charge in [-0.1, -0.05) is 27.7 Å². The fourth-order valence-electron chi connectivity index (χ4n) is 2.45. The van der Waals surface area contributed by atoms with Gasteiger partial charge >= 0.3 is 0 Å². The lowest BCUT2D eigenvalue weighted by Gasteiger charge is -2.09. The third-order valence-electron chi connectivity index (χ3n) is 3.30. The number of fused-ring (bicyclic) bond motifs is 1. The number of furan rings is 1. The monoisotopic (exact) mass is 263 g/mol. The van der Waals surface area contributed by atoms with Crippen LogP contribution in [0.1, 0.15) is 50.5 Å². The molecule has 0 aliphatic heterocycles. The zero-order valence-corrected chi connectivity index (χ0v) is 12.3. The summed E-state index contributed by atoms with van der Waals surface area (Å²) in [7, 11) is 0. The number of hydrogen-bond donors (Lipinski definition) is 1. The quantitative estimate of drug-likeness (QED) is 0.878. The minimum absolute atomic E-state index is 0.198. The number of benzene rings is 1. The van der Waals surface area contributed by atoms with Crippen LogP contribution < -0.4 is 5.32 Å². The Morgan fingerprint density at radius 2 is 1.89 bits per heavy atom. The topological polar surface area (TPSA) is 25.2 Å². The van der Waals surface area contributed by atoms with Crippen molar-refractivity contribution in [1.82, 2.24) is 5.32 Å². The third kappa shape index (κ3) is 2.81. The van der Waals surface area contributed by atoms with E-state index in [0.29, 0.717) is 18.5 Å². The fourth-order valence-corrected chi connectivity index (χ4v) is 2.45. The fraction of sp³-hybridized carbons (Fsp3) is 0.500. The van der Waals surface area contributed by atoms with E-state index in [1.54, 1.807) is 6.07 Å². The Hall–Kier alpha value is -1.35. The smallest absolute Gasteiger partial charge is 0.137 e. The highest BCUT2D eigenvalue weighted by atomic mass is 19.1. The number of aryl methyl sites for hydroxylation is 1. The zero-order chi connectivity index (χ0) is 14.2. The second-order valence-electron chi connectivity index (χ2n) is 5.73. The van der Waals surface area contributed by atoms with Crippen LogP contribution in [0.25, 0.3) is 11.0 Å². The molecule has 0 unspecified atom stereocenters. The minimum atomic E-state index is -0.198. The number of halogens is 1. The second kappa shape index (κ2) is 5.33. The summed E-state index contributed by atoms with van der Waals surface area (Å²) in [6.07, 6.45) is 0. The van der Waals surface area contributed by atoms with Crippen LogP contribution in [0.2, 0.25) is 0 Å². The maximum atomic E-state index is 13.6. The van der Waals surface area contributed by atoms with E-state index in [1.807, 2.05) is 6.92 Å². The Balaban J connectivity index is 2.57. The molecule has 0 saturated heterocycles. The third-order valence-corrected chi connectivity index (χ3v) is 3.30. The second-order valence-corrected chi connectivity index (χ2v) is 5.73. The molecular weight excluding hydrogens is 241 g/mol. The zero-order valence-electron chi connectivity index (χ0n) is 12.3. The molecule has 2 rings (SSSR count). The first-order valence-electron chi connectivity index (χ1n) is 6.85. The predicted octanol–water partition coefficient (Wildman–Crippen LogP) is 4.50. The SMILES string of the molecule is Cc1cc(F)cc2c(C(C)C)c(CNC(C)C)oc12. The van der Waals surface area contributed by atoms with Crippen LogP contribution >= 0.6 is 0 Å². The standard InChI is InChI=1S/C16H22FNO/c1-9(2)15-13-7-12(17)6-11(5)16(13)19-14(15)8-18-10(3)4/h6-7,9-10,18H,8H2,1-5H3. The molecule has 0 radical (unpaired) electrons. The molecule has 19 heavy (non-hydrogen) atoms. The maximum absolute atomic E-state index is 13.6. The van der Waals surface area contributed by atoms with Crippen molar-refractivity contribution in [2.75, 3.05) is 0 Å². The van der Waals surface area contributed by atoms with E-state index in [9.17, 15) is 4.39 Å². The van der Waals surface area contributed by atoms with E-state index >= 15 is 0 Å². The van der Waals surface area contributed by atoms with Crippen molar-refractivity contribution >= 4 is 11.0 Å². The first-order chi connectivity index (χ1) is 8.90. The van der Waals surface area contributed by atoms with Crippen LogP contribution in [-0.2, 0) is 6.54 Å². The summed E-state index contributed by atoms with van der Waals surface area (Å²) in [6, 6.07) is 3.50. The van der Waals surface area contributed by atoms with Crippen LogP contribution in [0.5, 0.6) is 0 Å². The van der Waals surface area contributed by atoms with E-state index in [4.69, 9.17) is 4.42 Å². The van der Waals surface area contributed by atoms with Gasteiger partial charge in [-0.15, -0.1) is 0 Å². The molecular formula is C16H22FNO. The highest BCUT2D eigenvalue weighted by Crippen LogP contribution is 2.34. The normalized spacial score (nSPS) is 12.0. The lowest BCUT2D eigenvalue weighted by Crippen LogP contribution is -2.22. The Kier molecular flexibility index (Phi) is 3.95. The molecule has 104 valence electrons. The molecule has 0 bridgehead atoms. The van der Waals surface area contributed by atoms with Crippen LogP contribution in [0, 0.1) is 12.7 Å². The van der Waals surface area contributed by atoms with E-state index < -0.39 is 0 Å². The summed E-state index contributed by atoms with van der Waals surface area (Å²) in [5.74, 6) is 1.04. The number of nitrogens with one attached hydrogen (secondary N) is 1. The van der Waals surface area contributed by atoms with Crippen molar-refractivity contribution in [3.05, 3.63) is 34.8 Å². The molecule has 0 atom stereocenters. The van der Waals surface area contributed by atoms with Crippen molar-refractivity contribution in [2.45, 2.75) is 53.1 Å². The van der Waals surface area contributed by atoms with Gasteiger partial charge in [-0.25, -0.2) is 4.39 Å². The Labute approximate surface area is 114 Å². The number of hydrogen-bond acceptors (Lipinski definition) is 2. The van der Waals surface area contributed by atoms with E-state index in [1.165, 1.54) is 6.07 Å². The summed E-state index contributed by atoms with van der Waals surface area (Å²) in [5, 5.41) is 4.27. The summed E-state index contributed by atoms with van der Waals surface area (Å²) >= 11 is 0. The van der Waals surface area contributed by atoms with E-state index in [2.05, 4.69) is 33.0 Å². The van der Waals surface area contributed by atoms with E-state index in [0.717, 1.165) is 27.9 Å². The lowest BCUT2D eigenvalue weighted by molar-refractivity contribution is 0.479. The molecule has 0 saturated carbocycles. The van der Waals surface area contributed by atoms with Crippen LogP contribution in [0.4, 0.5) is 4.39 Å². The Bertz CT molecular complexity index is 584. The van der Waals surface area contributed by atoms with Gasteiger partial charge in [0, 0.05) is 17.0 Å². The first-order valence-corrected chi connectivity index (χ1v) is 6.85. The molecule has 1 aromatic heterocycles. The van der Waals surface area contributed by atoms with Crippen LogP contribution in [0.15, 0.2) is 16.5 Å². The molecule has 3 heteroatoms. The Morgan fingerprint density at radius 1 is 1.21 bits per heavy atom. The van der Waals surface area contributed by atoms with Crippen molar-refractivity contribution in [1.29, 1.82) is 0 Å². The van der Waals surface area contributed by atoms with Crippen LogP contribution in [-0.4, -0.2) is 6.04 Å². The molecule has 1 heterocycles. The molecule has 0 amide bonds. The van der Waals surface area contributed by atoms with Gasteiger partial charge in [0.25, 0.3) is 0 Å². The van der Waals surface area contributed by atoms with Gasteiger partial charge in [0.1, 0.15) is 17.2 Å². The van der Waals surface area contributed by atoms with Crippen molar-refractivity contribution in [2.24, 2.45) is 0 Å². The summed E-state index contributed by atoms with van der Waals surface area (Å²) < 4.78 is 19.6. The van der Waals surface area contributed by atoms with E-state index in [-0.39, 0.29) is 5.82 Å². The molecule has 0 spiro atoms. The van der Waals surface area contributed by atoms with Crippen molar-refractivity contribution < 1.29 is 8.81 Å². The molecule has 1 aromatic carbocycles. The van der Waals surface area contributed by atoms with Gasteiger partial charge in [-0.2, -0.15) is 0 Å². The van der Waals surface area contributed by atoms with Crippen molar-refractivity contribution in [3.8, 4) is 0 Å². The van der Waals surface area contributed by atoms with Gasteiger partial charge in [-0.05, 0) is 30.5 Å². The molecule has 0 aliphatic carbocycles. The highest BCUT2D eigenvalue weighted by molar-refractivity contribution is 5.85. The molecule has 1 N–H and O–H groups in total. The number of rotatable bonds is 4. The minimum Gasteiger partial charge on any atom is -0.459 e. The Morgan fingerprint density at radius 3 is 2.47 bits per heavy atom. The lowest BCUT2D eigenvalue weighted by atomic mass is 9.98. The molecule has 0 fully saturated rings. The first kappa shape index (κ1) is 14.1. The molecule has 2 nitrogen and oxygen atoms in total. The van der Waals surface area contributed by atoms with Gasteiger partial charge in [0.05, 0.1) is 6.54 Å². The predicted molar refractivity (Wildman–Crippen MR) is 77.0 cm³/mol. The summed E-state index contributed by atoms with van der Waals surface area (Å²) in [5.41, 5.74) is 2.78. The molecule has 0 aliphatic rings. The van der Waals surface area contributed by atoms with Gasteiger partial charge in [-0.3, -0.25) is 0 Å². The average molecular weight is 263 g/mol. The van der Waals surface area contributed by atoms with Crippen LogP contribution in [0.3, 0.4) is 0 Å². The maximum Gasteiger partial charge on any atom is 0.137 e. The van der Waals surface area contributed by atoms with Gasteiger partial charge < -0.3 is 9.73 Å². The summed E-state index contributed by atoms with van der Waals surface area (Å²) in [4.78, 5) is 0. The van der Waals surface area contributed by atoms with Gasteiger partial charge in [0.15, 0.2) is 0 Å². The summed E-state index contributed by atoms with van der Waals surface area (Å²) in [6.45, 7) is 11.0. The molecule has 2 aromatic rings.